The number of aromatic nitrogens is 3. The quantitative estimate of drug-likeness (QED) is 0.476. The molecule has 1 atom stereocenters. The minimum atomic E-state index is -0.323. The highest BCUT2D eigenvalue weighted by molar-refractivity contribution is 6.04. The summed E-state index contributed by atoms with van der Waals surface area (Å²) in [6.45, 7) is 1.93. The Morgan fingerprint density at radius 1 is 1.08 bits per heavy atom. The molecule has 1 aliphatic carbocycles. The minimum Gasteiger partial charge on any atom is -0.445 e. The van der Waals surface area contributed by atoms with Crippen LogP contribution in [0.1, 0.15) is 50.5 Å². The van der Waals surface area contributed by atoms with Gasteiger partial charge in [-0.1, -0.05) is 37.5 Å². The van der Waals surface area contributed by atoms with Gasteiger partial charge in [0.05, 0.1) is 5.92 Å². The molecule has 1 saturated carbocycles. The van der Waals surface area contributed by atoms with Crippen molar-refractivity contribution in [3.63, 3.8) is 0 Å². The number of hydrogen-bond donors (Lipinski definition) is 1. The fourth-order valence-corrected chi connectivity index (χ4v) is 5.47. The van der Waals surface area contributed by atoms with E-state index in [1.165, 1.54) is 19.3 Å². The molecular weight excluding hydrogens is 448 g/mol. The van der Waals surface area contributed by atoms with Crippen LogP contribution in [0.4, 0.5) is 0 Å². The number of nitriles is 1. The standard InChI is InChI=1S/C29H30N6O/c1-19-25(27(32-2)21-8-4-3-5-9-21)26(23(18-30)28(31)36-19)20-11-13-22(14-12-20)35-17-16-34-29(35)24-10-6-7-15-33-24/h6-7,10-17,21,26H,3-5,8-9,31H2,1-2H3. The first-order chi connectivity index (χ1) is 17.6. The Kier molecular flexibility index (Phi) is 6.68. The van der Waals surface area contributed by atoms with Crippen LogP contribution < -0.4 is 5.73 Å². The van der Waals surface area contributed by atoms with E-state index in [4.69, 9.17) is 15.5 Å². The van der Waals surface area contributed by atoms with Crippen LogP contribution in [0, 0.1) is 17.2 Å². The molecule has 0 spiro atoms. The Balaban J connectivity index is 1.55. The summed E-state index contributed by atoms with van der Waals surface area (Å²) in [4.78, 5) is 13.7. The third-order valence-corrected chi connectivity index (χ3v) is 7.15. The molecule has 0 saturated heterocycles. The van der Waals surface area contributed by atoms with Crippen LogP contribution in [-0.4, -0.2) is 27.3 Å². The van der Waals surface area contributed by atoms with Gasteiger partial charge >= 0.3 is 0 Å². The van der Waals surface area contributed by atoms with Gasteiger partial charge < -0.3 is 10.5 Å². The summed E-state index contributed by atoms with van der Waals surface area (Å²) in [7, 11) is 1.84. The second kappa shape index (κ2) is 10.2. The van der Waals surface area contributed by atoms with E-state index in [1.807, 2.05) is 55.1 Å². The lowest BCUT2D eigenvalue weighted by Gasteiger charge is -2.33. The molecule has 36 heavy (non-hydrogen) atoms. The second-order valence-corrected chi connectivity index (χ2v) is 9.27. The zero-order valence-electron chi connectivity index (χ0n) is 20.7. The van der Waals surface area contributed by atoms with Gasteiger partial charge in [-0.2, -0.15) is 5.26 Å². The van der Waals surface area contributed by atoms with Crippen molar-refractivity contribution in [1.82, 2.24) is 14.5 Å². The normalized spacial score (nSPS) is 19.2. The van der Waals surface area contributed by atoms with Crippen LogP contribution in [0.2, 0.25) is 0 Å². The van der Waals surface area contributed by atoms with E-state index in [2.05, 4.69) is 28.2 Å². The Labute approximate surface area is 211 Å². The number of aliphatic imine (C=N–C) groups is 1. The maximum atomic E-state index is 10.1. The first kappa shape index (κ1) is 23.6. The van der Waals surface area contributed by atoms with E-state index < -0.39 is 0 Å². The number of imidazole rings is 1. The molecule has 0 bridgehead atoms. The van der Waals surface area contributed by atoms with Gasteiger partial charge in [0.25, 0.3) is 0 Å². The van der Waals surface area contributed by atoms with Gasteiger partial charge in [0.1, 0.15) is 23.1 Å². The maximum absolute atomic E-state index is 10.1. The number of benzene rings is 1. The van der Waals surface area contributed by atoms with Gasteiger partial charge in [-0.25, -0.2) is 4.98 Å². The highest BCUT2D eigenvalue weighted by Gasteiger charge is 2.36. The van der Waals surface area contributed by atoms with Crippen molar-refractivity contribution in [1.29, 1.82) is 5.26 Å². The number of pyridine rings is 1. The molecule has 182 valence electrons. The largest absolute Gasteiger partial charge is 0.445 e. The van der Waals surface area contributed by atoms with Crippen LogP contribution in [0.5, 0.6) is 0 Å². The van der Waals surface area contributed by atoms with E-state index in [-0.39, 0.29) is 11.8 Å². The van der Waals surface area contributed by atoms with Crippen LogP contribution in [0.3, 0.4) is 0 Å². The Bertz CT molecular complexity index is 1370. The summed E-state index contributed by atoms with van der Waals surface area (Å²) >= 11 is 0. The van der Waals surface area contributed by atoms with Crippen molar-refractivity contribution in [2.24, 2.45) is 16.6 Å². The molecule has 0 amide bonds. The van der Waals surface area contributed by atoms with Gasteiger partial charge in [-0.3, -0.25) is 14.5 Å². The Hall–Kier alpha value is -4.18. The number of hydrogen-bond acceptors (Lipinski definition) is 6. The molecule has 5 rings (SSSR count). The van der Waals surface area contributed by atoms with Crippen molar-refractivity contribution in [3.8, 4) is 23.3 Å². The van der Waals surface area contributed by atoms with Crippen molar-refractivity contribution >= 4 is 5.71 Å². The molecule has 3 heterocycles. The molecule has 2 N–H and O–H groups in total. The fourth-order valence-electron chi connectivity index (χ4n) is 5.47. The Morgan fingerprint density at radius 3 is 2.53 bits per heavy atom. The zero-order chi connectivity index (χ0) is 25.1. The summed E-state index contributed by atoms with van der Waals surface area (Å²) in [5.74, 6) is 1.70. The van der Waals surface area contributed by atoms with E-state index >= 15 is 0 Å². The zero-order valence-corrected chi connectivity index (χ0v) is 20.7. The summed E-state index contributed by atoms with van der Waals surface area (Å²) in [5.41, 5.74) is 11.4. The van der Waals surface area contributed by atoms with Gasteiger partial charge in [0, 0.05) is 48.5 Å². The van der Waals surface area contributed by atoms with E-state index in [0.29, 0.717) is 11.5 Å². The molecule has 1 aliphatic heterocycles. The van der Waals surface area contributed by atoms with E-state index in [1.54, 1.807) is 12.4 Å². The average molecular weight is 479 g/mol. The molecular formula is C29H30N6O. The monoisotopic (exact) mass is 478 g/mol. The SMILES string of the molecule is CN=C(C1=C(C)OC(N)=C(C#N)C1c1ccc(-n2ccnc2-c2ccccn2)cc1)C1CCCCC1. The lowest BCUT2D eigenvalue weighted by atomic mass is 9.74. The smallest absolute Gasteiger partial charge is 0.205 e. The lowest BCUT2D eigenvalue weighted by Crippen LogP contribution is -2.29. The first-order valence-corrected chi connectivity index (χ1v) is 12.4. The summed E-state index contributed by atoms with van der Waals surface area (Å²) in [6, 6.07) is 16.3. The lowest BCUT2D eigenvalue weighted by molar-refractivity contribution is 0.283. The van der Waals surface area contributed by atoms with Crippen molar-refractivity contribution < 1.29 is 4.74 Å². The molecule has 7 heteroatoms. The van der Waals surface area contributed by atoms with Gasteiger partial charge in [-0.05, 0) is 49.6 Å². The van der Waals surface area contributed by atoms with Gasteiger partial charge in [0.15, 0.2) is 5.82 Å². The van der Waals surface area contributed by atoms with Crippen LogP contribution in [0.15, 0.2) is 88.8 Å². The van der Waals surface area contributed by atoms with Crippen molar-refractivity contribution in [3.05, 3.63) is 89.4 Å². The number of nitrogens with zero attached hydrogens (tertiary/aromatic N) is 5. The molecule has 2 aromatic heterocycles. The molecule has 7 nitrogen and oxygen atoms in total. The number of nitrogens with two attached hydrogens (primary N) is 1. The maximum Gasteiger partial charge on any atom is 0.205 e. The van der Waals surface area contributed by atoms with Gasteiger partial charge in [0.2, 0.25) is 5.88 Å². The first-order valence-electron chi connectivity index (χ1n) is 12.4. The number of rotatable bonds is 5. The molecule has 1 fully saturated rings. The Morgan fingerprint density at radius 2 is 1.86 bits per heavy atom. The summed E-state index contributed by atoms with van der Waals surface area (Å²) in [5, 5.41) is 10.1. The van der Waals surface area contributed by atoms with Crippen molar-refractivity contribution in [2.75, 3.05) is 7.05 Å². The van der Waals surface area contributed by atoms with Crippen LogP contribution in [-0.2, 0) is 4.74 Å². The third kappa shape index (κ3) is 4.31. The molecule has 1 aromatic carbocycles. The van der Waals surface area contributed by atoms with Gasteiger partial charge in [-0.15, -0.1) is 0 Å². The predicted molar refractivity (Wildman–Crippen MR) is 140 cm³/mol. The minimum absolute atomic E-state index is 0.166. The topological polar surface area (TPSA) is 102 Å². The number of ether oxygens (including phenoxy) is 1. The highest BCUT2D eigenvalue weighted by atomic mass is 16.5. The van der Waals surface area contributed by atoms with E-state index in [0.717, 1.165) is 52.7 Å². The molecule has 1 unspecified atom stereocenters. The third-order valence-electron chi connectivity index (χ3n) is 7.15. The molecule has 2 aliphatic rings. The average Bonchev–Trinajstić information content (AvgIpc) is 3.41. The number of allylic oxidation sites excluding steroid dienone is 3. The van der Waals surface area contributed by atoms with Crippen molar-refractivity contribution in [2.45, 2.75) is 44.9 Å². The fraction of sp³-hybridized carbons (Fsp3) is 0.310. The van der Waals surface area contributed by atoms with Crippen LogP contribution in [0.25, 0.3) is 17.2 Å². The van der Waals surface area contributed by atoms with Crippen LogP contribution >= 0.6 is 0 Å². The predicted octanol–water partition coefficient (Wildman–Crippen LogP) is 5.67. The molecule has 3 aromatic rings. The summed E-state index contributed by atoms with van der Waals surface area (Å²) < 4.78 is 7.90. The van der Waals surface area contributed by atoms with E-state index in [9.17, 15) is 5.26 Å². The highest BCUT2D eigenvalue weighted by Crippen LogP contribution is 2.42. The molecule has 0 radical (unpaired) electrons. The second-order valence-electron chi connectivity index (χ2n) is 9.27. The summed E-state index contributed by atoms with van der Waals surface area (Å²) in [6.07, 6.45) is 11.3.